The van der Waals surface area contributed by atoms with E-state index in [9.17, 15) is 13.2 Å². The van der Waals surface area contributed by atoms with Gasteiger partial charge in [-0.25, -0.2) is 8.42 Å². The Hall–Kier alpha value is -2.13. The molecule has 6 heteroatoms. The van der Waals surface area contributed by atoms with Crippen LogP contribution in [0.5, 0.6) is 0 Å². The molecule has 0 radical (unpaired) electrons. The Morgan fingerprint density at radius 1 is 1.48 bits per heavy atom. The molecule has 1 saturated carbocycles. The van der Waals surface area contributed by atoms with E-state index in [0.717, 1.165) is 18.4 Å². The standard InChI is InChI=1S/C17H20N2O3S/c1-13(12-23(2,21)22)19(16-7-8-16)17(20)9-6-14-4-3-5-15(10-14)11-18/h3-6,9-10,13,16H,7-8,12H2,1-2H3. The number of amides is 1. The SMILES string of the molecule is CC(CS(C)(=O)=O)N(C(=O)C=Cc1cccc(C#N)c1)C1CC1. The topological polar surface area (TPSA) is 78.2 Å². The third kappa shape index (κ3) is 5.22. The largest absolute Gasteiger partial charge is 0.332 e. The Morgan fingerprint density at radius 3 is 2.74 bits per heavy atom. The molecule has 1 aliphatic rings. The van der Waals surface area contributed by atoms with Crippen molar-refractivity contribution in [3.05, 3.63) is 41.5 Å². The highest BCUT2D eigenvalue weighted by Gasteiger charge is 2.35. The van der Waals surface area contributed by atoms with Gasteiger partial charge in [0.1, 0.15) is 9.84 Å². The average Bonchev–Trinajstić information content (AvgIpc) is 3.28. The Morgan fingerprint density at radius 2 is 2.17 bits per heavy atom. The van der Waals surface area contributed by atoms with E-state index in [1.54, 1.807) is 36.1 Å². The second-order valence-electron chi connectivity index (χ2n) is 5.99. The van der Waals surface area contributed by atoms with Crippen LogP contribution in [0.4, 0.5) is 0 Å². The predicted molar refractivity (Wildman–Crippen MR) is 89.2 cm³/mol. The molecule has 0 N–H and O–H groups in total. The van der Waals surface area contributed by atoms with Gasteiger partial charge in [0.15, 0.2) is 0 Å². The lowest BCUT2D eigenvalue weighted by molar-refractivity contribution is -0.128. The molecular formula is C17H20N2O3S. The van der Waals surface area contributed by atoms with Gasteiger partial charge in [0.2, 0.25) is 5.91 Å². The first-order valence-corrected chi connectivity index (χ1v) is 9.54. The molecule has 0 bridgehead atoms. The van der Waals surface area contributed by atoms with Gasteiger partial charge >= 0.3 is 0 Å². The number of benzene rings is 1. The number of sulfone groups is 1. The Bertz CT molecular complexity index is 758. The fourth-order valence-corrected chi connectivity index (χ4v) is 3.63. The molecule has 1 unspecified atom stereocenters. The summed E-state index contributed by atoms with van der Waals surface area (Å²) in [5.74, 6) is -0.224. The normalized spacial score (nSPS) is 16.0. The molecule has 0 spiro atoms. The van der Waals surface area contributed by atoms with Crippen LogP contribution in [0.1, 0.15) is 30.9 Å². The zero-order valence-electron chi connectivity index (χ0n) is 13.3. The van der Waals surface area contributed by atoms with Crippen molar-refractivity contribution >= 4 is 21.8 Å². The minimum absolute atomic E-state index is 0.0347. The molecule has 0 aromatic heterocycles. The molecule has 1 aromatic carbocycles. The van der Waals surface area contributed by atoms with Crippen LogP contribution in [0.15, 0.2) is 30.3 Å². The lowest BCUT2D eigenvalue weighted by atomic mass is 10.1. The van der Waals surface area contributed by atoms with Crippen molar-refractivity contribution in [2.75, 3.05) is 12.0 Å². The summed E-state index contributed by atoms with van der Waals surface area (Å²) < 4.78 is 23.0. The molecule has 122 valence electrons. The molecule has 2 rings (SSSR count). The number of carbonyl (C=O) groups excluding carboxylic acids is 1. The number of hydrogen-bond donors (Lipinski definition) is 0. The van der Waals surface area contributed by atoms with Crippen LogP contribution < -0.4 is 0 Å². The Balaban J connectivity index is 2.12. The van der Waals surface area contributed by atoms with E-state index in [-0.39, 0.29) is 23.7 Å². The van der Waals surface area contributed by atoms with Crippen LogP contribution in [0, 0.1) is 11.3 Å². The molecule has 0 aliphatic heterocycles. The number of carbonyl (C=O) groups is 1. The second kappa shape index (κ2) is 6.97. The van der Waals surface area contributed by atoms with Crippen molar-refractivity contribution in [2.45, 2.75) is 31.8 Å². The van der Waals surface area contributed by atoms with Crippen molar-refractivity contribution in [1.29, 1.82) is 5.26 Å². The van der Waals surface area contributed by atoms with E-state index in [4.69, 9.17) is 5.26 Å². The van der Waals surface area contributed by atoms with Gasteiger partial charge in [-0.1, -0.05) is 12.1 Å². The van der Waals surface area contributed by atoms with Gasteiger partial charge in [-0.2, -0.15) is 5.26 Å². The Labute approximate surface area is 137 Å². The fourth-order valence-electron chi connectivity index (χ4n) is 2.59. The number of nitriles is 1. The van der Waals surface area contributed by atoms with E-state index >= 15 is 0 Å². The van der Waals surface area contributed by atoms with Gasteiger partial charge in [-0.05, 0) is 43.5 Å². The van der Waals surface area contributed by atoms with E-state index in [1.165, 1.54) is 12.3 Å². The van der Waals surface area contributed by atoms with Crippen molar-refractivity contribution < 1.29 is 13.2 Å². The number of hydrogen-bond acceptors (Lipinski definition) is 4. The molecule has 1 amide bonds. The fraction of sp³-hybridized carbons (Fsp3) is 0.412. The highest BCUT2D eigenvalue weighted by Crippen LogP contribution is 2.29. The van der Waals surface area contributed by atoms with Crippen molar-refractivity contribution in [1.82, 2.24) is 4.90 Å². The van der Waals surface area contributed by atoms with Gasteiger partial charge in [0, 0.05) is 24.4 Å². The van der Waals surface area contributed by atoms with E-state index < -0.39 is 9.84 Å². The van der Waals surface area contributed by atoms with Crippen LogP contribution in [0.3, 0.4) is 0 Å². The van der Waals surface area contributed by atoms with Crippen LogP contribution >= 0.6 is 0 Å². The summed E-state index contributed by atoms with van der Waals surface area (Å²) in [6.45, 7) is 1.77. The minimum Gasteiger partial charge on any atom is -0.332 e. The summed E-state index contributed by atoms with van der Waals surface area (Å²) in [6, 6.07) is 8.81. The maximum atomic E-state index is 12.5. The first-order valence-electron chi connectivity index (χ1n) is 7.48. The van der Waals surface area contributed by atoms with Crippen molar-refractivity contribution in [3.63, 3.8) is 0 Å². The minimum atomic E-state index is -3.14. The maximum Gasteiger partial charge on any atom is 0.247 e. The molecule has 0 heterocycles. The molecule has 1 aromatic rings. The van der Waals surface area contributed by atoms with E-state index in [2.05, 4.69) is 6.07 Å². The van der Waals surface area contributed by atoms with Gasteiger partial charge < -0.3 is 4.90 Å². The Kier molecular flexibility index (Phi) is 5.22. The van der Waals surface area contributed by atoms with Gasteiger partial charge in [0.25, 0.3) is 0 Å². The predicted octanol–water partition coefficient (Wildman–Crippen LogP) is 2.00. The van der Waals surface area contributed by atoms with Crippen LogP contribution in [0.25, 0.3) is 6.08 Å². The van der Waals surface area contributed by atoms with Crippen molar-refractivity contribution in [2.24, 2.45) is 0 Å². The van der Waals surface area contributed by atoms with Crippen molar-refractivity contribution in [3.8, 4) is 6.07 Å². The lowest BCUT2D eigenvalue weighted by Crippen LogP contribution is -2.43. The summed E-state index contributed by atoms with van der Waals surface area (Å²) >= 11 is 0. The maximum absolute atomic E-state index is 12.5. The summed E-state index contributed by atoms with van der Waals surface area (Å²) in [7, 11) is -3.14. The molecular weight excluding hydrogens is 312 g/mol. The molecule has 1 aliphatic carbocycles. The van der Waals surface area contributed by atoms with Crippen LogP contribution in [-0.4, -0.2) is 43.3 Å². The highest BCUT2D eigenvalue weighted by molar-refractivity contribution is 7.90. The number of nitrogens with zero attached hydrogens (tertiary/aromatic N) is 2. The molecule has 0 saturated heterocycles. The molecule has 23 heavy (non-hydrogen) atoms. The zero-order chi connectivity index (χ0) is 17.0. The van der Waals surface area contributed by atoms with Crippen LogP contribution in [-0.2, 0) is 14.6 Å². The third-order valence-electron chi connectivity index (χ3n) is 3.65. The number of rotatable bonds is 6. The monoisotopic (exact) mass is 332 g/mol. The first-order chi connectivity index (χ1) is 10.8. The van der Waals surface area contributed by atoms with Crippen LogP contribution in [0.2, 0.25) is 0 Å². The lowest BCUT2D eigenvalue weighted by Gasteiger charge is -2.27. The summed E-state index contributed by atoms with van der Waals surface area (Å²) in [5.41, 5.74) is 1.30. The molecule has 5 nitrogen and oxygen atoms in total. The quantitative estimate of drug-likeness (QED) is 0.746. The van der Waals surface area contributed by atoms with Gasteiger partial charge in [-0.3, -0.25) is 4.79 Å². The van der Waals surface area contributed by atoms with Gasteiger partial charge in [-0.15, -0.1) is 0 Å². The van der Waals surface area contributed by atoms with Gasteiger partial charge in [0.05, 0.1) is 17.4 Å². The summed E-state index contributed by atoms with van der Waals surface area (Å²) in [6.07, 6.45) is 6.12. The first kappa shape index (κ1) is 17.2. The van der Waals surface area contributed by atoms with E-state index in [1.807, 2.05) is 6.07 Å². The summed E-state index contributed by atoms with van der Waals surface area (Å²) in [4.78, 5) is 14.1. The summed E-state index contributed by atoms with van der Waals surface area (Å²) in [5, 5.41) is 8.88. The highest BCUT2D eigenvalue weighted by atomic mass is 32.2. The molecule has 1 fully saturated rings. The average molecular weight is 332 g/mol. The zero-order valence-corrected chi connectivity index (χ0v) is 14.1. The smallest absolute Gasteiger partial charge is 0.247 e. The third-order valence-corrected chi connectivity index (χ3v) is 4.74. The second-order valence-corrected chi connectivity index (χ2v) is 8.17. The molecule has 1 atom stereocenters. The van der Waals surface area contributed by atoms with E-state index in [0.29, 0.717) is 5.56 Å².